The lowest BCUT2D eigenvalue weighted by molar-refractivity contribution is 1.17. The number of benzene rings is 8. The first-order valence-electron chi connectivity index (χ1n) is 18.5. The molecule has 2 heteroatoms. The second-order valence-corrected chi connectivity index (χ2v) is 14.3. The summed E-state index contributed by atoms with van der Waals surface area (Å²) in [7, 11) is 0. The van der Waals surface area contributed by atoms with Gasteiger partial charge in [0.25, 0.3) is 0 Å². The zero-order valence-electron chi connectivity index (χ0n) is 29.9. The average molecular weight is 679 g/mol. The highest BCUT2D eigenvalue weighted by Crippen LogP contribution is 2.35. The van der Waals surface area contributed by atoms with Gasteiger partial charge in [-0.05, 0) is 113 Å². The fourth-order valence-corrected chi connectivity index (χ4v) is 8.54. The predicted molar refractivity (Wildman–Crippen MR) is 225 cm³/mol. The summed E-state index contributed by atoms with van der Waals surface area (Å²) in [5.74, 6) is 0. The minimum Gasteiger partial charge on any atom is -0.309 e. The van der Waals surface area contributed by atoms with Crippen molar-refractivity contribution in [2.75, 3.05) is 0 Å². The summed E-state index contributed by atoms with van der Waals surface area (Å²) in [6, 6.07) is 66.7. The third kappa shape index (κ3) is 5.26. The lowest BCUT2D eigenvalue weighted by Gasteiger charge is -2.13. The summed E-state index contributed by atoms with van der Waals surface area (Å²) in [6.07, 6.45) is 0.904. The molecule has 8 aromatic carbocycles. The van der Waals surface area contributed by atoms with Gasteiger partial charge < -0.3 is 9.13 Å². The van der Waals surface area contributed by atoms with E-state index in [4.69, 9.17) is 0 Å². The highest BCUT2D eigenvalue weighted by Gasteiger charge is 2.14. The highest BCUT2D eigenvalue weighted by atomic mass is 15.0. The number of aryl methyl sites for hydroxylation is 2. The molecule has 0 aliphatic rings. The van der Waals surface area contributed by atoms with Crippen molar-refractivity contribution in [3.63, 3.8) is 0 Å². The third-order valence-corrected chi connectivity index (χ3v) is 11.0. The molecule has 252 valence electrons. The first kappa shape index (κ1) is 31.1. The third-order valence-electron chi connectivity index (χ3n) is 11.0. The van der Waals surface area contributed by atoms with Crippen LogP contribution in [0.1, 0.15) is 22.3 Å². The molecular weight excluding hydrogens is 641 g/mol. The van der Waals surface area contributed by atoms with Crippen LogP contribution < -0.4 is 0 Å². The van der Waals surface area contributed by atoms with Gasteiger partial charge in [0.2, 0.25) is 0 Å². The van der Waals surface area contributed by atoms with E-state index in [0.717, 1.165) is 6.42 Å². The molecule has 0 aliphatic carbocycles. The van der Waals surface area contributed by atoms with Crippen molar-refractivity contribution in [1.82, 2.24) is 9.13 Å². The Balaban J connectivity index is 0.885. The van der Waals surface area contributed by atoms with Crippen molar-refractivity contribution in [1.29, 1.82) is 0 Å². The number of hydrogen-bond acceptors (Lipinski definition) is 0. The molecule has 0 saturated heterocycles. The van der Waals surface area contributed by atoms with Crippen molar-refractivity contribution in [2.24, 2.45) is 0 Å². The van der Waals surface area contributed by atoms with Gasteiger partial charge in [0.05, 0.1) is 22.1 Å². The normalized spacial score (nSPS) is 11.7. The zero-order chi connectivity index (χ0) is 35.5. The summed E-state index contributed by atoms with van der Waals surface area (Å²) >= 11 is 0. The molecule has 0 N–H and O–H groups in total. The molecule has 0 unspecified atom stereocenters. The molecule has 0 atom stereocenters. The second-order valence-electron chi connectivity index (χ2n) is 14.3. The predicted octanol–water partition coefficient (Wildman–Crippen LogP) is 13.4. The topological polar surface area (TPSA) is 9.86 Å². The summed E-state index contributed by atoms with van der Waals surface area (Å²) in [5.41, 5.74) is 17.6. The number of para-hydroxylation sites is 4. The molecule has 0 saturated carbocycles. The molecule has 2 nitrogen and oxygen atoms in total. The first-order chi connectivity index (χ1) is 26.1. The van der Waals surface area contributed by atoms with E-state index in [0.29, 0.717) is 0 Å². The molecule has 0 amide bonds. The fourth-order valence-electron chi connectivity index (χ4n) is 8.54. The van der Waals surface area contributed by atoms with Crippen molar-refractivity contribution in [3.8, 4) is 33.6 Å². The van der Waals surface area contributed by atoms with Gasteiger partial charge in [-0.25, -0.2) is 0 Å². The van der Waals surface area contributed by atoms with Gasteiger partial charge in [-0.2, -0.15) is 0 Å². The Morgan fingerprint density at radius 1 is 0.340 bits per heavy atom. The summed E-state index contributed by atoms with van der Waals surface area (Å²) in [5, 5.41) is 5.14. The van der Waals surface area contributed by atoms with Crippen LogP contribution in [0.25, 0.3) is 77.2 Å². The van der Waals surface area contributed by atoms with E-state index in [2.05, 4.69) is 205 Å². The quantitative estimate of drug-likeness (QED) is 0.166. The number of aromatic nitrogens is 2. The Kier molecular flexibility index (Phi) is 7.37. The van der Waals surface area contributed by atoms with Crippen LogP contribution in [-0.4, -0.2) is 9.13 Å². The summed E-state index contributed by atoms with van der Waals surface area (Å²) in [4.78, 5) is 0. The highest BCUT2D eigenvalue weighted by molar-refractivity contribution is 6.10. The van der Waals surface area contributed by atoms with Crippen molar-refractivity contribution in [3.05, 3.63) is 204 Å². The SMILES string of the molecule is Cc1cc(Cc2ccc(-c3ccc(-n4c5ccccc5c5ccccc54)cc3)c(C)c2)ccc1-c1ccc(-n2c3ccccc3c3ccccc32)cc1. The molecule has 0 aliphatic heterocycles. The van der Waals surface area contributed by atoms with Crippen molar-refractivity contribution < 1.29 is 0 Å². The van der Waals surface area contributed by atoms with Crippen molar-refractivity contribution >= 4 is 43.6 Å². The van der Waals surface area contributed by atoms with Crippen LogP contribution in [0.15, 0.2) is 182 Å². The molecule has 10 rings (SSSR count). The van der Waals surface area contributed by atoms with Gasteiger partial charge in [0.15, 0.2) is 0 Å². The van der Waals surface area contributed by atoms with Gasteiger partial charge >= 0.3 is 0 Å². The molecule has 0 spiro atoms. The van der Waals surface area contributed by atoms with Gasteiger partial charge in [-0.3, -0.25) is 0 Å². The van der Waals surface area contributed by atoms with Gasteiger partial charge in [0, 0.05) is 32.9 Å². The number of fused-ring (bicyclic) bond motifs is 6. The lowest BCUT2D eigenvalue weighted by atomic mass is 9.93. The molecule has 0 radical (unpaired) electrons. The molecular formula is C51H38N2. The van der Waals surface area contributed by atoms with Crippen LogP contribution in [0.5, 0.6) is 0 Å². The van der Waals surface area contributed by atoms with E-state index in [1.807, 2.05) is 0 Å². The van der Waals surface area contributed by atoms with Gasteiger partial charge in [-0.1, -0.05) is 133 Å². The molecule has 53 heavy (non-hydrogen) atoms. The first-order valence-corrected chi connectivity index (χ1v) is 18.5. The van der Waals surface area contributed by atoms with Crippen LogP contribution in [0.2, 0.25) is 0 Å². The van der Waals surface area contributed by atoms with Crippen LogP contribution >= 0.6 is 0 Å². The fraction of sp³-hybridized carbons (Fsp3) is 0.0588. The molecule has 0 bridgehead atoms. The second kappa shape index (κ2) is 12.5. The van der Waals surface area contributed by atoms with Crippen LogP contribution in [0.3, 0.4) is 0 Å². The Hall–Kier alpha value is -6.64. The molecule has 2 aromatic heterocycles. The van der Waals surface area contributed by atoms with E-state index in [9.17, 15) is 0 Å². The molecule has 10 aromatic rings. The number of rotatable bonds is 6. The van der Waals surface area contributed by atoms with E-state index < -0.39 is 0 Å². The Morgan fingerprint density at radius 2 is 0.660 bits per heavy atom. The minimum atomic E-state index is 0.904. The molecule has 0 fully saturated rings. The van der Waals surface area contributed by atoms with E-state index in [-0.39, 0.29) is 0 Å². The maximum absolute atomic E-state index is 2.37. The van der Waals surface area contributed by atoms with E-state index in [1.54, 1.807) is 0 Å². The average Bonchev–Trinajstić information content (AvgIpc) is 3.72. The lowest BCUT2D eigenvalue weighted by Crippen LogP contribution is -1.95. The van der Waals surface area contributed by atoms with Gasteiger partial charge in [0.1, 0.15) is 0 Å². The Bertz CT molecular complexity index is 2660. The zero-order valence-corrected chi connectivity index (χ0v) is 29.9. The maximum Gasteiger partial charge on any atom is 0.0541 e. The van der Waals surface area contributed by atoms with E-state index >= 15 is 0 Å². The van der Waals surface area contributed by atoms with Crippen LogP contribution in [0, 0.1) is 13.8 Å². The minimum absolute atomic E-state index is 0.904. The van der Waals surface area contributed by atoms with Crippen LogP contribution in [0.4, 0.5) is 0 Å². The standard InChI is InChI=1S/C51H38N2/c1-34-31-36(19-29-42(34)38-21-25-40(26-22-38)52-48-15-7-3-11-44(48)45-12-4-8-16-49(45)52)33-37-20-30-43(35(2)32-37)39-23-27-41(28-24-39)53-50-17-9-5-13-46(50)47-14-6-10-18-51(47)53/h3-32H,33H2,1-2H3. The monoisotopic (exact) mass is 678 g/mol. The Morgan fingerprint density at radius 3 is 0.981 bits per heavy atom. The van der Waals surface area contributed by atoms with Crippen molar-refractivity contribution in [2.45, 2.75) is 20.3 Å². The van der Waals surface area contributed by atoms with Gasteiger partial charge in [-0.15, -0.1) is 0 Å². The Labute approximate surface area is 309 Å². The summed E-state index contributed by atoms with van der Waals surface area (Å²) < 4.78 is 4.75. The maximum atomic E-state index is 2.37. The number of nitrogens with zero attached hydrogens (tertiary/aromatic N) is 2. The summed E-state index contributed by atoms with van der Waals surface area (Å²) in [6.45, 7) is 4.47. The molecule has 2 heterocycles. The smallest absolute Gasteiger partial charge is 0.0541 e. The largest absolute Gasteiger partial charge is 0.309 e. The van der Waals surface area contributed by atoms with Crippen LogP contribution in [-0.2, 0) is 6.42 Å². The number of hydrogen-bond donors (Lipinski definition) is 0. The van der Waals surface area contributed by atoms with E-state index in [1.165, 1.54) is 99.5 Å².